The van der Waals surface area contributed by atoms with E-state index in [-0.39, 0.29) is 5.97 Å². The van der Waals surface area contributed by atoms with Crippen molar-refractivity contribution in [2.45, 2.75) is 27.2 Å². The van der Waals surface area contributed by atoms with Crippen LogP contribution in [0.15, 0.2) is 30.3 Å². The number of nitrogens with one attached hydrogen (secondary N) is 1. The van der Waals surface area contributed by atoms with Gasteiger partial charge in [-0.15, -0.1) is 0 Å². The van der Waals surface area contributed by atoms with Crippen molar-refractivity contribution in [1.82, 2.24) is 10.2 Å². The number of nitrogens with zero attached hydrogens (tertiary/aromatic N) is 1. The van der Waals surface area contributed by atoms with E-state index in [0.717, 1.165) is 17.7 Å². The van der Waals surface area contributed by atoms with Gasteiger partial charge in [0.15, 0.2) is 0 Å². The summed E-state index contributed by atoms with van der Waals surface area (Å²) in [6, 6.07) is 9.99. The molecule has 0 aliphatic rings. The molecule has 0 spiro atoms. The van der Waals surface area contributed by atoms with Gasteiger partial charge in [-0.2, -0.15) is 5.10 Å². The number of aromatic nitrogens is 2. The molecule has 4 nitrogen and oxygen atoms in total. The third-order valence-electron chi connectivity index (χ3n) is 2.97. The van der Waals surface area contributed by atoms with Crippen LogP contribution in [0, 0.1) is 5.92 Å². The van der Waals surface area contributed by atoms with Gasteiger partial charge < -0.3 is 4.74 Å². The molecule has 0 aliphatic heterocycles. The zero-order valence-corrected chi connectivity index (χ0v) is 12.1. The second-order valence-corrected chi connectivity index (χ2v) is 5.18. The van der Waals surface area contributed by atoms with E-state index in [9.17, 15) is 4.79 Å². The number of rotatable bonds is 5. The zero-order chi connectivity index (χ0) is 14.5. The highest BCUT2D eigenvalue weighted by Crippen LogP contribution is 2.19. The smallest absolute Gasteiger partial charge is 0.356 e. The summed E-state index contributed by atoms with van der Waals surface area (Å²) in [5.74, 6) is 0.268. The standard InChI is InChI=1S/C16H20N2O2/c1-4-20-16(19)15-10-14(17-18-15)13-7-5-12(6-8-13)9-11(2)3/h5-8,10-11H,4,9H2,1-3H3,(H,17,18). The third kappa shape index (κ3) is 3.47. The van der Waals surface area contributed by atoms with Crippen LogP contribution in [0.5, 0.6) is 0 Å². The number of hydrogen-bond donors (Lipinski definition) is 1. The highest BCUT2D eigenvalue weighted by molar-refractivity contribution is 5.88. The zero-order valence-electron chi connectivity index (χ0n) is 12.1. The molecule has 0 radical (unpaired) electrons. The van der Waals surface area contributed by atoms with Crippen molar-refractivity contribution in [2.24, 2.45) is 5.92 Å². The van der Waals surface area contributed by atoms with Crippen LogP contribution >= 0.6 is 0 Å². The van der Waals surface area contributed by atoms with Crippen molar-refractivity contribution in [3.8, 4) is 11.3 Å². The van der Waals surface area contributed by atoms with Crippen LogP contribution in [-0.4, -0.2) is 22.8 Å². The Morgan fingerprint density at radius 2 is 2.00 bits per heavy atom. The molecule has 0 saturated heterocycles. The van der Waals surface area contributed by atoms with Crippen molar-refractivity contribution in [1.29, 1.82) is 0 Å². The number of esters is 1. The molecule has 1 aromatic carbocycles. The molecule has 2 rings (SSSR count). The first-order valence-corrected chi connectivity index (χ1v) is 6.92. The minimum Gasteiger partial charge on any atom is -0.461 e. The Kier molecular flexibility index (Phi) is 4.56. The molecular formula is C16H20N2O2. The number of carbonyl (C=O) groups excluding carboxylic acids is 1. The van der Waals surface area contributed by atoms with Gasteiger partial charge in [0.25, 0.3) is 0 Å². The number of carbonyl (C=O) groups is 1. The minimum atomic E-state index is -0.373. The predicted molar refractivity (Wildman–Crippen MR) is 78.5 cm³/mol. The molecule has 0 bridgehead atoms. The quantitative estimate of drug-likeness (QED) is 0.848. The maximum Gasteiger partial charge on any atom is 0.356 e. The first kappa shape index (κ1) is 14.3. The van der Waals surface area contributed by atoms with E-state index in [1.54, 1.807) is 13.0 Å². The first-order valence-electron chi connectivity index (χ1n) is 6.92. The number of H-pyrrole nitrogens is 1. The lowest BCUT2D eigenvalue weighted by Crippen LogP contribution is -2.04. The molecule has 0 unspecified atom stereocenters. The van der Waals surface area contributed by atoms with Crippen LogP contribution in [0.25, 0.3) is 11.3 Å². The van der Waals surface area contributed by atoms with Crippen molar-refractivity contribution in [2.75, 3.05) is 6.61 Å². The number of benzene rings is 1. The molecule has 1 heterocycles. The third-order valence-corrected chi connectivity index (χ3v) is 2.97. The van der Waals surface area contributed by atoms with E-state index in [1.807, 2.05) is 12.1 Å². The van der Waals surface area contributed by atoms with Gasteiger partial charge in [-0.25, -0.2) is 4.79 Å². The monoisotopic (exact) mass is 272 g/mol. The minimum absolute atomic E-state index is 0.358. The lowest BCUT2D eigenvalue weighted by Gasteiger charge is -2.05. The topological polar surface area (TPSA) is 55.0 Å². The van der Waals surface area contributed by atoms with Crippen molar-refractivity contribution in [3.63, 3.8) is 0 Å². The molecule has 1 aromatic heterocycles. The number of hydrogen-bond acceptors (Lipinski definition) is 3. The Labute approximate surface area is 119 Å². The van der Waals surface area contributed by atoms with Crippen LogP contribution in [0.4, 0.5) is 0 Å². The van der Waals surface area contributed by atoms with Gasteiger partial charge in [0.05, 0.1) is 12.3 Å². The fourth-order valence-electron chi connectivity index (χ4n) is 2.07. The Hall–Kier alpha value is -2.10. The Balaban J connectivity index is 2.14. The van der Waals surface area contributed by atoms with Crippen LogP contribution in [0.3, 0.4) is 0 Å². The van der Waals surface area contributed by atoms with Gasteiger partial charge in [0, 0.05) is 5.56 Å². The Morgan fingerprint density at radius 1 is 1.30 bits per heavy atom. The molecule has 0 aliphatic carbocycles. The summed E-state index contributed by atoms with van der Waals surface area (Å²) in [5, 5.41) is 6.87. The van der Waals surface area contributed by atoms with E-state index >= 15 is 0 Å². The number of aromatic amines is 1. The van der Waals surface area contributed by atoms with Crippen LogP contribution in [0.1, 0.15) is 36.8 Å². The largest absolute Gasteiger partial charge is 0.461 e. The van der Waals surface area contributed by atoms with Gasteiger partial charge in [0.1, 0.15) is 5.69 Å². The van der Waals surface area contributed by atoms with Gasteiger partial charge in [-0.3, -0.25) is 5.10 Å². The summed E-state index contributed by atoms with van der Waals surface area (Å²) in [6.45, 7) is 6.54. The summed E-state index contributed by atoms with van der Waals surface area (Å²) in [7, 11) is 0. The molecule has 0 amide bonds. The summed E-state index contributed by atoms with van der Waals surface area (Å²) >= 11 is 0. The SMILES string of the molecule is CCOC(=O)c1cc(-c2ccc(CC(C)C)cc2)n[nH]1. The second kappa shape index (κ2) is 6.37. The highest BCUT2D eigenvalue weighted by Gasteiger charge is 2.11. The van der Waals surface area contributed by atoms with Crippen molar-refractivity contribution in [3.05, 3.63) is 41.6 Å². The van der Waals surface area contributed by atoms with Crippen LogP contribution in [-0.2, 0) is 11.2 Å². The lowest BCUT2D eigenvalue weighted by molar-refractivity contribution is 0.0519. The summed E-state index contributed by atoms with van der Waals surface area (Å²) in [6.07, 6.45) is 1.06. The lowest BCUT2D eigenvalue weighted by atomic mass is 10.0. The fraction of sp³-hybridized carbons (Fsp3) is 0.375. The van der Waals surface area contributed by atoms with E-state index in [0.29, 0.717) is 18.2 Å². The van der Waals surface area contributed by atoms with Crippen molar-refractivity contribution >= 4 is 5.97 Å². The summed E-state index contributed by atoms with van der Waals surface area (Å²) < 4.78 is 4.93. The normalized spacial score (nSPS) is 10.8. The molecule has 0 fully saturated rings. The van der Waals surface area contributed by atoms with E-state index in [2.05, 4.69) is 36.2 Å². The molecule has 2 aromatic rings. The molecule has 0 atom stereocenters. The van der Waals surface area contributed by atoms with Gasteiger partial charge in [-0.1, -0.05) is 38.1 Å². The van der Waals surface area contributed by atoms with Crippen molar-refractivity contribution < 1.29 is 9.53 Å². The molecule has 20 heavy (non-hydrogen) atoms. The molecule has 0 saturated carbocycles. The van der Waals surface area contributed by atoms with E-state index in [1.165, 1.54) is 5.56 Å². The fourth-order valence-corrected chi connectivity index (χ4v) is 2.07. The Bertz CT molecular complexity index is 570. The predicted octanol–water partition coefficient (Wildman–Crippen LogP) is 3.45. The average Bonchev–Trinajstić information content (AvgIpc) is 2.89. The molecule has 4 heteroatoms. The van der Waals surface area contributed by atoms with Gasteiger partial charge >= 0.3 is 5.97 Å². The average molecular weight is 272 g/mol. The highest BCUT2D eigenvalue weighted by atomic mass is 16.5. The maximum atomic E-state index is 11.6. The molecule has 106 valence electrons. The van der Waals surface area contributed by atoms with Crippen LogP contribution in [0.2, 0.25) is 0 Å². The summed E-state index contributed by atoms with van der Waals surface area (Å²) in [4.78, 5) is 11.6. The number of ether oxygens (including phenoxy) is 1. The first-order chi connectivity index (χ1) is 9.60. The van der Waals surface area contributed by atoms with Crippen LogP contribution < -0.4 is 0 Å². The van der Waals surface area contributed by atoms with E-state index in [4.69, 9.17) is 4.74 Å². The molecule has 1 N–H and O–H groups in total. The molecular weight excluding hydrogens is 252 g/mol. The second-order valence-electron chi connectivity index (χ2n) is 5.18. The van der Waals surface area contributed by atoms with E-state index < -0.39 is 0 Å². The summed E-state index contributed by atoms with van der Waals surface area (Å²) in [5.41, 5.74) is 3.44. The maximum absolute atomic E-state index is 11.6. The Morgan fingerprint density at radius 3 is 2.60 bits per heavy atom. The van der Waals surface area contributed by atoms with Gasteiger partial charge in [0.2, 0.25) is 0 Å². The van der Waals surface area contributed by atoms with Gasteiger partial charge in [-0.05, 0) is 30.9 Å².